The molecule has 0 unspecified atom stereocenters. The minimum atomic E-state index is 0.434. The molecule has 0 aliphatic heterocycles. The second-order valence-corrected chi connectivity index (χ2v) is 5.74. The SMILES string of the molecule is CCNc1cc(NCC2(C)CCC2)nc(COCC)n1. The number of hydrogen-bond donors (Lipinski definition) is 2. The van der Waals surface area contributed by atoms with Crippen LogP contribution in [0.5, 0.6) is 0 Å². The molecule has 5 nitrogen and oxygen atoms in total. The number of ether oxygens (including phenoxy) is 1. The van der Waals surface area contributed by atoms with Gasteiger partial charge in [0.2, 0.25) is 0 Å². The first-order valence-electron chi connectivity index (χ1n) is 7.58. The molecule has 1 heterocycles. The standard InChI is InChI=1S/C15H26N4O/c1-4-16-12-9-13(17-11-15(3)7-6-8-15)19-14(18-12)10-20-5-2/h9H,4-8,10-11H2,1-3H3,(H2,16,17,18,19). The average Bonchev–Trinajstić information content (AvgIpc) is 2.41. The van der Waals surface area contributed by atoms with Gasteiger partial charge < -0.3 is 15.4 Å². The third-order valence-corrected chi connectivity index (χ3v) is 3.82. The summed E-state index contributed by atoms with van der Waals surface area (Å²) in [5, 5.41) is 6.70. The Morgan fingerprint density at radius 2 is 1.90 bits per heavy atom. The van der Waals surface area contributed by atoms with E-state index in [9.17, 15) is 0 Å². The highest BCUT2D eigenvalue weighted by Gasteiger charge is 2.31. The number of aromatic nitrogens is 2. The van der Waals surface area contributed by atoms with Crippen molar-refractivity contribution in [1.82, 2.24) is 9.97 Å². The Labute approximate surface area is 121 Å². The van der Waals surface area contributed by atoms with Gasteiger partial charge in [0.15, 0.2) is 5.82 Å². The molecule has 5 heteroatoms. The van der Waals surface area contributed by atoms with Crippen LogP contribution < -0.4 is 10.6 Å². The molecule has 0 saturated heterocycles. The first kappa shape index (κ1) is 15.0. The van der Waals surface area contributed by atoms with E-state index in [1.807, 2.05) is 13.0 Å². The number of nitrogens with one attached hydrogen (secondary N) is 2. The van der Waals surface area contributed by atoms with E-state index >= 15 is 0 Å². The van der Waals surface area contributed by atoms with E-state index < -0.39 is 0 Å². The predicted molar refractivity (Wildman–Crippen MR) is 82.0 cm³/mol. The lowest BCUT2D eigenvalue weighted by molar-refractivity contribution is 0.128. The van der Waals surface area contributed by atoms with Gasteiger partial charge in [0, 0.05) is 25.8 Å². The zero-order valence-corrected chi connectivity index (χ0v) is 12.8. The van der Waals surface area contributed by atoms with Gasteiger partial charge in [-0.1, -0.05) is 13.3 Å². The summed E-state index contributed by atoms with van der Waals surface area (Å²) in [6.45, 7) is 9.33. The summed E-state index contributed by atoms with van der Waals surface area (Å²) in [7, 11) is 0. The number of hydrogen-bond acceptors (Lipinski definition) is 5. The van der Waals surface area contributed by atoms with Crippen LogP contribution in [0.3, 0.4) is 0 Å². The molecule has 0 radical (unpaired) electrons. The van der Waals surface area contributed by atoms with Crippen molar-refractivity contribution in [3.05, 3.63) is 11.9 Å². The fourth-order valence-corrected chi connectivity index (χ4v) is 2.38. The molecule has 1 saturated carbocycles. The van der Waals surface area contributed by atoms with Crippen LogP contribution in [0, 0.1) is 5.41 Å². The van der Waals surface area contributed by atoms with Gasteiger partial charge in [0.1, 0.15) is 18.2 Å². The molecule has 0 bridgehead atoms. The van der Waals surface area contributed by atoms with Crippen LogP contribution in [-0.2, 0) is 11.3 Å². The first-order valence-corrected chi connectivity index (χ1v) is 7.58. The topological polar surface area (TPSA) is 59.1 Å². The molecule has 0 aromatic carbocycles. The van der Waals surface area contributed by atoms with E-state index in [2.05, 4.69) is 34.4 Å². The summed E-state index contributed by atoms with van der Waals surface area (Å²) in [6, 6.07) is 1.97. The van der Waals surface area contributed by atoms with Crippen molar-refractivity contribution in [2.24, 2.45) is 5.41 Å². The molecule has 112 valence electrons. The van der Waals surface area contributed by atoms with Gasteiger partial charge in [-0.2, -0.15) is 0 Å². The Morgan fingerprint density at radius 3 is 2.45 bits per heavy atom. The van der Waals surface area contributed by atoms with Crippen LogP contribution in [0.4, 0.5) is 11.6 Å². The van der Waals surface area contributed by atoms with Crippen molar-refractivity contribution in [3.8, 4) is 0 Å². The molecule has 1 aliphatic rings. The predicted octanol–water partition coefficient (Wildman–Crippen LogP) is 3.05. The number of anilines is 2. The van der Waals surface area contributed by atoms with Crippen molar-refractivity contribution < 1.29 is 4.74 Å². The maximum Gasteiger partial charge on any atom is 0.158 e. The third kappa shape index (κ3) is 4.07. The van der Waals surface area contributed by atoms with E-state index in [0.717, 1.165) is 30.5 Å². The second kappa shape index (κ2) is 6.88. The Kier molecular flexibility index (Phi) is 5.17. The maximum absolute atomic E-state index is 5.40. The lowest BCUT2D eigenvalue weighted by Crippen LogP contribution is -2.33. The van der Waals surface area contributed by atoms with Crippen LogP contribution in [0.15, 0.2) is 6.07 Å². The van der Waals surface area contributed by atoms with Crippen molar-refractivity contribution in [2.75, 3.05) is 30.3 Å². The van der Waals surface area contributed by atoms with Gasteiger partial charge >= 0.3 is 0 Å². The summed E-state index contributed by atoms with van der Waals surface area (Å²) in [6.07, 6.45) is 3.95. The first-order chi connectivity index (χ1) is 9.65. The summed E-state index contributed by atoms with van der Waals surface area (Å²) in [5.74, 6) is 2.48. The minimum absolute atomic E-state index is 0.434. The Morgan fingerprint density at radius 1 is 1.20 bits per heavy atom. The quantitative estimate of drug-likeness (QED) is 0.765. The van der Waals surface area contributed by atoms with E-state index in [1.165, 1.54) is 19.3 Å². The molecule has 2 rings (SSSR count). The van der Waals surface area contributed by atoms with E-state index in [-0.39, 0.29) is 0 Å². The normalized spacial score (nSPS) is 16.6. The molecular weight excluding hydrogens is 252 g/mol. The largest absolute Gasteiger partial charge is 0.374 e. The Bertz CT molecular complexity index is 432. The lowest BCUT2D eigenvalue weighted by Gasteiger charge is -2.38. The van der Waals surface area contributed by atoms with Gasteiger partial charge in [-0.25, -0.2) is 9.97 Å². The highest BCUT2D eigenvalue weighted by atomic mass is 16.5. The van der Waals surface area contributed by atoms with Gasteiger partial charge in [-0.05, 0) is 32.1 Å². The van der Waals surface area contributed by atoms with Gasteiger partial charge in [0.25, 0.3) is 0 Å². The minimum Gasteiger partial charge on any atom is -0.374 e. The summed E-state index contributed by atoms with van der Waals surface area (Å²) >= 11 is 0. The second-order valence-electron chi connectivity index (χ2n) is 5.74. The maximum atomic E-state index is 5.40. The average molecular weight is 278 g/mol. The molecule has 0 spiro atoms. The summed E-state index contributed by atoms with van der Waals surface area (Å²) in [5.41, 5.74) is 0.434. The molecule has 20 heavy (non-hydrogen) atoms. The number of rotatable bonds is 8. The fraction of sp³-hybridized carbons (Fsp3) is 0.733. The van der Waals surface area contributed by atoms with Crippen LogP contribution in [0.1, 0.15) is 45.9 Å². The van der Waals surface area contributed by atoms with Crippen molar-refractivity contribution >= 4 is 11.6 Å². The van der Waals surface area contributed by atoms with Gasteiger partial charge in [-0.15, -0.1) is 0 Å². The fourth-order valence-electron chi connectivity index (χ4n) is 2.38. The summed E-state index contributed by atoms with van der Waals surface area (Å²) < 4.78 is 5.40. The van der Waals surface area contributed by atoms with Crippen LogP contribution >= 0.6 is 0 Å². The molecule has 1 aromatic heterocycles. The highest BCUT2D eigenvalue weighted by molar-refractivity contribution is 5.47. The zero-order valence-electron chi connectivity index (χ0n) is 12.8. The number of nitrogens with zero attached hydrogens (tertiary/aromatic N) is 2. The van der Waals surface area contributed by atoms with E-state index in [0.29, 0.717) is 18.6 Å². The van der Waals surface area contributed by atoms with Crippen molar-refractivity contribution in [2.45, 2.75) is 46.6 Å². The zero-order chi connectivity index (χ0) is 14.4. The van der Waals surface area contributed by atoms with E-state index in [1.54, 1.807) is 0 Å². The van der Waals surface area contributed by atoms with Crippen molar-refractivity contribution in [1.29, 1.82) is 0 Å². The van der Waals surface area contributed by atoms with Crippen LogP contribution in [0.2, 0.25) is 0 Å². The van der Waals surface area contributed by atoms with Crippen molar-refractivity contribution in [3.63, 3.8) is 0 Å². The molecule has 0 amide bonds. The van der Waals surface area contributed by atoms with Crippen LogP contribution in [-0.4, -0.2) is 29.7 Å². The molecule has 1 fully saturated rings. The van der Waals surface area contributed by atoms with Gasteiger partial charge in [-0.3, -0.25) is 0 Å². The smallest absolute Gasteiger partial charge is 0.158 e. The Hall–Kier alpha value is -1.36. The molecule has 2 N–H and O–H groups in total. The molecular formula is C15H26N4O. The van der Waals surface area contributed by atoms with Gasteiger partial charge in [0.05, 0.1) is 0 Å². The highest BCUT2D eigenvalue weighted by Crippen LogP contribution is 2.40. The Balaban J connectivity index is 2.02. The lowest BCUT2D eigenvalue weighted by atomic mass is 9.70. The molecule has 1 aliphatic carbocycles. The monoisotopic (exact) mass is 278 g/mol. The van der Waals surface area contributed by atoms with Crippen LogP contribution in [0.25, 0.3) is 0 Å². The third-order valence-electron chi connectivity index (χ3n) is 3.82. The molecule has 0 atom stereocenters. The summed E-state index contributed by atoms with van der Waals surface area (Å²) in [4.78, 5) is 8.98. The van der Waals surface area contributed by atoms with E-state index in [4.69, 9.17) is 4.74 Å². The molecule has 1 aromatic rings.